The van der Waals surface area contributed by atoms with Crippen LogP contribution in [0.4, 0.5) is 0 Å². The van der Waals surface area contributed by atoms with E-state index in [1.54, 1.807) is 23.5 Å². The third kappa shape index (κ3) is 2.02. The molecule has 1 fully saturated rings. The van der Waals surface area contributed by atoms with Crippen molar-refractivity contribution in [3.05, 3.63) is 24.3 Å². The predicted molar refractivity (Wildman–Crippen MR) is 76.7 cm³/mol. The molecule has 0 aromatic heterocycles. The first-order valence-corrected chi connectivity index (χ1v) is 8.01. The quantitative estimate of drug-likeness (QED) is 0.781. The highest BCUT2D eigenvalue weighted by atomic mass is 32.2. The van der Waals surface area contributed by atoms with Crippen molar-refractivity contribution >= 4 is 35.5 Å². The summed E-state index contributed by atoms with van der Waals surface area (Å²) >= 11 is 3.32. The lowest BCUT2D eigenvalue weighted by molar-refractivity contribution is -0.162. The van der Waals surface area contributed by atoms with Crippen LogP contribution in [0.15, 0.2) is 34.1 Å². The van der Waals surface area contributed by atoms with Gasteiger partial charge in [0, 0.05) is 20.3 Å². The molecule has 2 aliphatic rings. The van der Waals surface area contributed by atoms with E-state index in [1.165, 1.54) is 14.2 Å². The summed E-state index contributed by atoms with van der Waals surface area (Å²) in [5.41, 5.74) is 0. The maximum atomic E-state index is 11.9. The summed E-state index contributed by atoms with van der Waals surface area (Å²) in [6, 6.07) is 8.05. The van der Waals surface area contributed by atoms with E-state index in [9.17, 15) is 9.59 Å². The summed E-state index contributed by atoms with van der Waals surface area (Å²) in [5.74, 6) is -1.48. The first kappa shape index (κ1) is 13.8. The molecule has 4 nitrogen and oxygen atoms in total. The zero-order valence-electron chi connectivity index (χ0n) is 11.1. The third-order valence-corrected chi connectivity index (χ3v) is 6.98. The molecule has 0 amide bonds. The van der Waals surface area contributed by atoms with Crippen LogP contribution in [0.3, 0.4) is 0 Å². The second-order valence-electron chi connectivity index (χ2n) is 4.71. The molecule has 0 saturated heterocycles. The van der Waals surface area contributed by atoms with E-state index >= 15 is 0 Å². The number of esters is 2. The maximum Gasteiger partial charge on any atom is 0.310 e. The summed E-state index contributed by atoms with van der Waals surface area (Å²) in [6.45, 7) is 0. The van der Waals surface area contributed by atoms with Gasteiger partial charge in [0.1, 0.15) is 0 Å². The number of fused-ring (bicyclic) bond motifs is 2. The molecule has 1 heterocycles. The minimum Gasteiger partial charge on any atom is -0.469 e. The summed E-state index contributed by atoms with van der Waals surface area (Å²) in [5, 5.41) is 0.151. The average Bonchev–Trinajstić information content (AvgIpc) is 2.48. The van der Waals surface area contributed by atoms with Crippen molar-refractivity contribution in [3.63, 3.8) is 0 Å². The number of benzene rings is 1. The van der Waals surface area contributed by atoms with Crippen molar-refractivity contribution in [2.75, 3.05) is 14.2 Å². The number of carbonyl (C=O) groups is 2. The van der Waals surface area contributed by atoms with Crippen molar-refractivity contribution in [2.45, 2.75) is 20.3 Å². The molecular weight excluding hydrogens is 296 g/mol. The van der Waals surface area contributed by atoms with E-state index in [2.05, 4.69) is 0 Å². The molecular formula is C14H14O4S2. The minimum absolute atomic E-state index is 0.0754. The molecule has 1 aliphatic carbocycles. The third-order valence-electron chi connectivity index (χ3n) is 3.74. The van der Waals surface area contributed by atoms with Crippen LogP contribution in [0.25, 0.3) is 0 Å². The van der Waals surface area contributed by atoms with Gasteiger partial charge in [-0.1, -0.05) is 12.1 Å². The van der Waals surface area contributed by atoms with Crippen LogP contribution in [-0.2, 0) is 19.1 Å². The molecule has 0 bridgehead atoms. The van der Waals surface area contributed by atoms with E-state index < -0.39 is 11.8 Å². The fourth-order valence-electron chi connectivity index (χ4n) is 2.72. The molecule has 1 aromatic carbocycles. The Balaban J connectivity index is 1.91. The number of hydrogen-bond acceptors (Lipinski definition) is 6. The second-order valence-corrected chi connectivity index (χ2v) is 7.15. The van der Waals surface area contributed by atoms with Gasteiger partial charge in [0.15, 0.2) is 0 Å². The van der Waals surface area contributed by atoms with Gasteiger partial charge in [-0.3, -0.25) is 9.59 Å². The Hall–Kier alpha value is -1.14. The van der Waals surface area contributed by atoms with Gasteiger partial charge >= 0.3 is 11.9 Å². The van der Waals surface area contributed by atoms with Crippen LogP contribution in [0, 0.1) is 11.8 Å². The molecule has 3 rings (SSSR count). The smallest absolute Gasteiger partial charge is 0.310 e. The summed E-state index contributed by atoms with van der Waals surface area (Å²) < 4.78 is 9.69. The van der Waals surface area contributed by atoms with Gasteiger partial charge in [0.25, 0.3) is 0 Å². The number of methoxy groups -OCH3 is 2. The van der Waals surface area contributed by atoms with Gasteiger partial charge in [-0.2, -0.15) is 0 Å². The predicted octanol–water partition coefficient (Wildman–Crippen LogP) is 2.21. The number of ether oxygens (including phenoxy) is 2. The molecule has 0 N–H and O–H groups in total. The van der Waals surface area contributed by atoms with Gasteiger partial charge in [-0.25, -0.2) is 0 Å². The lowest BCUT2D eigenvalue weighted by Crippen LogP contribution is -2.59. The van der Waals surface area contributed by atoms with Crippen molar-refractivity contribution in [1.29, 1.82) is 0 Å². The van der Waals surface area contributed by atoms with Crippen LogP contribution in [0.2, 0.25) is 0 Å². The SMILES string of the molecule is COC(=O)[C@@H]1[C@H]2Sc3ccccc3S[C@H]2[C@@H]1C(=O)OC. The standard InChI is InChI=1S/C14H14O4S2/c1-17-13(15)9-10(14(16)18-2)12-11(9)19-7-5-3-4-6-8(7)20-12/h3-6,9-12H,1-2H3/t9-,10+,11+,12-. The molecule has 106 valence electrons. The first-order chi connectivity index (χ1) is 9.67. The topological polar surface area (TPSA) is 52.6 Å². The second kappa shape index (κ2) is 5.33. The van der Waals surface area contributed by atoms with Crippen molar-refractivity contribution in [1.82, 2.24) is 0 Å². The fourth-order valence-corrected chi connectivity index (χ4v) is 6.08. The minimum atomic E-state index is -0.414. The van der Waals surface area contributed by atoms with Crippen LogP contribution >= 0.6 is 23.5 Å². The van der Waals surface area contributed by atoms with E-state index in [1.807, 2.05) is 24.3 Å². The maximum absolute atomic E-state index is 11.9. The highest BCUT2D eigenvalue weighted by Gasteiger charge is 2.60. The van der Waals surface area contributed by atoms with Gasteiger partial charge in [0.2, 0.25) is 0 Å². The summed E-state index contributed by atoms with van der Waals surface area (Å²) in [6.07, 6.45) is 0. The van der Waals surface area contributed by atoms with E-state index in [4.69, 9.17) is 9.47 Å². The lowest BCUT2D eigenvalue weighted by Gasteiger charge is -2.50. The Labute approximate surface area is 125 Å². The monoisotopic (exact) mass is 310 g/mol. The Morgan fingerprint density at radius 2 is 1.30 bits per heavy atom. The van der Waals surface area contributed by atoms with E-state index in [0.717, 1.165) is 9.79 Å². The number of thioether (sulfide) groups is 2. The number of rotatable bonds is 2. The van der Waals surface area contributed by atoms with Gasteiger partial charge in [0.05, 0.1) is 26.1 Å². The normalized spacial score (nSPS) is 30.5. The Bertz CT molecular complexity index is 511. The van der Waals surface area contributed by atoms with Crippen LogP contribution < -0.4 is 0 Å². The summed E-state index contributed by atoms with van der Waals surface area (Å²) in [7, 11) is 2.72. The zero-order chi connectivity index (χ0) is 14.3. The van der Waals surface area contributed by atoms with Crippen molar-refractivity contribution in [2.24, 2.45) is 11.8 Å². The Kier molecular flexibility index (Phi) is 3.69. The average molecular weight is 310 g/mol. The first-order valence-electron chi connectivity index (χ1n) is 6.25. The molecule has 4 atom stereocenters. The molecule has 20 heavy (non-hydrogen) atoms. The molecule has 0 spiro atoms. The molecule has 1 aromatic rings. The highest BCUT2D eigenvalue weighted by Crippen LogP contribution is 2.58. The molecule has 1 aliphatic heterocycles. The summed E-state index contributed by atoms with van der Waals surface area (Å²) in [4.78, 5) is 26.2. The van der Waals surface area contributed by atoms with E-state index in [0.29, 0.717) is 0 Å². The Morgan fingerprint density at radius 3 is 1.65 bits per heavy atom. The Morgan fingerprint density at radius 1 is 0.900 bits per heavy atom. The van der Waals surface area contributed by atoms with Gasteiger partial charge in [-0.15, -0.1) is 23.5 Å². The van der Waals surface area contributed by atoms with E-state index in [-0.39, 0.29) is 22.4 Å². The molecule has 1 saturated carbocycles. The van der Waals surface area contributed by atoms with Gasteiger partial charge < -0.3 is 9.47 Å². The largest absolute Gasteiger partial charge is 0.469 e. The van der Waals surface area contributed by atoms with Crippen LogP contribution in [0.5, 0.6) is 0 Å². The van der Waals surface area contributed by atoms with Crippen LogP contribution in [-0.4, -0.2) is 36.7 Å². The van der Waals surface area contributed by atoms with Crippen LogP contribution in [0.1, 0.15) is 0 Å². The lowest BCUT2D eigenvalue weighted by atomic mass is 9.72. The molecule has 6 heteroatoms. The highest BCUT2D eigenvalue weighted by molar-refractivity contribution is 8.06. The number of hydrogen-bond donors (Lipinski definition) is 0. The number of carbonyl (C=O) groups excluding carboxylic acids is 2. The molecule has 0 radical (unpaired) electrons. The zero-order valence-corrected chi connectivity index (χ0v) is 12.7. The van der Waals surface area contributed by atoms with Crippen molar-refractivity contribution < 1.29 is 19.1 Å². The molecule has 0 unspecified atom stereocenters. The van der Waals surface area contributed by atoms with Gasteiger partial charge in [-0.05, 0) is 12.1 Å². The van der Waals surface area contributed by atoms with Crippen molar-refractivity contribution in [3.8, 4) is 0 Å². The fraction of sp³-hybridized carbons (Fsp3) is 0.429.